The van der Waals surface area contributed by atoms with E-state index in [-0.39, 0.29) is 6.10 Å². The zero-order valence-corrected chi connectivity index (χ0v) is 12.9. The highest BCUT2D eigenvalue weighted by Gasteiger charge is 2.25. The molecule has 0 aliphatic carbocycles. The highest BCUT2D eigenvalue weighted by molar-refractivity contribution is 5.18. The van der Waals surface area contributed by atoms with E-state index in [9.17, 15) is 5.11 Å². The molecule has 22 heavy (non-hydrogen) atoms. The fraction of sp³-hybridized carbons (Fsp3) is 0.421. The monoisotopic (exact) mass is 296 g/mol. The van der Waals surface area contributed by atoms with Gasteiger partial charge in [0.1, 0.15) is 0 Å². The molecule has 2 heterocycles. The number of benzene rings is 1. The van der Waals surface area contributed by atoms with Crippen LogP contribution in [0.5, 0.6) is 0 Å². The second kappa shape index (κ2) is 7.52. The van der Waals surface area contributed by atoms with Gasteiger partial charge in [-0.05, 0) is 49.5 Å². The van der Waals surface area contributed by atoms with Gasteiger partial charge in [-0.1, -0.05) is 36.4 Å². The molecule has 0 saturated carbocycles. The number of rotatable bonds is 5. The highest BCUT2D eigenvalue weighted by atomic mass is 16.3. The van der Waals surface area contributed by atoms with Crippen molar-refractivity contribution < 1.29 is 5.11 Å². The number of piperidine rings is 1. The Bertz CT molecular complexity index is 550. The van der Waals surface area contributed by atoms with Crippen LogP contribution in [0.15, 0.2) is 54.7 Å². The molecule has 1 aromatic heterocycles. The van der Waals surface area contributed by atoms with Crippen molar-refractivity contribution in [2.24, 2.45) is 5.92 Å². The summed E-state index contributed by atoms with van der Waals surface area (Å²) >= 11 is 0. The number of likely N-dealkylation sites (tertiary alicyclic amines) is 1. The Kier molecular flexibility index (Phi) is 5.20. The van der Waals surface area contributed by atoms with E-state index in [1.165, 1.54) is 0 Å². The van der Waals surface area contributed by atoms with Crippen LogP contribution >= 0.6 is 0 Å². The van der Waals surface area contributed by atoms with Crippen molar-refractivity contribution in [3.63, 3.8) is 0 Å². The number of hydrogen-bond donors (Lipinski definition) is 1. The van der Waals surface area contributed by atoms with Gasteiger partial charge in [0.2, 0.25) is 0 Å². The van der Waals surface area contributed by atoms with E-state index in [4.69, 9.17) is 0 Å². The van der Waals surface area contributed by atoms with E-state index >= 15 is 0 Å². The molecule has 3 rings (SSSR count). The van der Waals surface area contributed by atoms with Crippen molar-refractivity contribution in [3.8, 4) is 0 Å². The topological polar surface area (TPSA) is 36.4 Å². The Morgan fingerprint density at radius 1 is 1.05 bits per heavy atom. The standard InChI is InChI=1S/C19H24N2O/c22-19(16-6-2-1-3-7-16)17-9-13-21(14-10-17)15-11-18-8-4-5-12-20-18/h1-8,12,17,19,22H,9-11,13-15H2. The van der Waals surface area contributed by atoms with Crippen LogP contribution in [0, 0.1) is 5.92 Å². The van der Waals surface area contributed by atoms with Crippen LogP contribution in [0.3, 0.4) is 0 Å². The average Bonchev–Trinajstić information content (AvgIpc) is 2.61. The molecule has 1 aromatic carbocycles. The molecule has 1 unspecified atom stereocenters. The SMILES string of the molecule is OC(c1ccccc1)C1CCN(CCc2ccccn2)CC1. The summed E-state index contributed by atoms with van der Waals surface area (Å²) in [7, 11) is 0. The van der Waals surface area contributed by atoms with Crippen LogP contribution < -0.4 is 0 Å². The summed E-state index contributed by atoms with van der Waals surface area (Å²) in [5, 5.41) is 10.5. The lowest BCUT2D eigenvalue weighted by molar-refractivity contribution is 0.0591. The quantitative estimate of drug-likeness (QED) is 0.921. The Morgan fingerprint density at radius 3 is 2.45 bits per heavy atom. The number of aromatic nitrogens is 1. The summed E-state index contributed by atoms with van der Waals surface area (Å²) in [6, 6.07) is 16.1. The zero-order chi connectivity index (χ0) is 15.2. The molecule has 1 aliphatic rings. The fourth-order valence-corrected chi connectivity index (χ4v) is 3.23. The molecule has 0 spiro atoms. The minimum Gasteiger partial charge on any atom is -0.388 e. The molecule has 0 radical (unpaired) electrons. The van der Waals surface area contributed by atoms with Crippen molar-refractivity contribution in [2.75, 3.05) is 19.6 Å². The average molecular weight is 296 g/mol. The van der Waals surface area contributed by atoms with Crippen LogP contribution in [-0.2, 0) is 6.42 Å². The van der Waals surface area contributed by atoms with Crippen molar-refractivity contribution >= 4 is 0 Å². The van der Waals surface area contributed by atoms with Crippen molar-refractivity contribution in [2.45, 2.75) is 25.4 Å². The predicted molar refractivity (Wildman–Crippen MR) is 88.5 cm³/mol. The van der Waals surface area contributed by atoms with Gasteiger partial charge in [-0.3, -0.25) is 4.98 Å². The van der Waals surface area contributed by atoms with Gasteiger partial charge in [0.25, 0.3) is 0 Å². The first kappa shape index (κ1) is 15.2. The van der Waals surface area contributed by atoms with Crippen molar-refractivity contribution in [1.82, 2.24) is 9.88 Å². The van der Waals surface area contributed by atoms with Gasteiger partial charge in [0.05, 0.1) is 6.10 Å². The van der Waals surface area contributed by atoms with Gasteiger partial charge in [-0.2, -0.15) is 0 Å². The molecule has 1 atom stereocenters. The fourth-order valence-electron chi connectivity index (χ4n) is 3.23. The number of nitrogens with zero attached hydrogens (tertiary/aromatic N) is 2. The third-order valence-electron chi connectivity index (χ3n) is 4.63. The molecule has 0 bridgehead atoms. The van der Waals surface area contributed by atoms with Crippen molar-refractivity contribution in [3.05, 3.63) is 66.0 Å². The summed E-state index contributed by atoms with van der Waals surface area (Å²) in [6.45, 7) is 3.20. The van der Waals surface area contributed by atoms with Crippen LogP contribution in [0.25, 0.3) is 0 Å². The first-order chi connectivity index (χ1) is 10.8. The smallest absolute Gasteiger partial charge is 0.0819 e. The molecule has 0 amide bonds. The van der Waals surface area contributed by atoms with E-state index < -0.39 is 0 Å². The van der Waals surface area contributed by atoms with E-state index in [1.807, 2.05) is 48.7 Å². The van der Waals surface area contributed by atoms with Gasteiger partial charge in [0, 0.05) is 24.9 Å². The summed E-state index contributed by atoms with van der Waals surface area (Å²) in [5.74, 6) is 0.383. The summed E-state index contributed by atoms with van der Waals surface area (Å²) in [4.78, 5) is 6.87. The van der Waals surface area contributed by atoms with Gasteiger partial charge in [-0.15, -0.1) is 0 Å². The molecule has 2 aromatic rings. The molecule has 1 N–H and O–H groups in total. The lowest BCUT2D eigenvalue weighted by atomic mass is 9.87. The lowest BCUT2D eigenvalue weighted by Gasteiger charge is -2.34. The number of aliphatic hydroxyl groups excluding tert-OH is 1. The Hall–Kier alpha value is -1.71. The first-order valence-corrected chi connectivity index (χ1v) is 8.18. The number of aliphatic hydroxyl groups is 1. The zero-order valence-electron chi connectivity index (χ0n) is 12.9. The first-order valence-electron chi connectivity index (χ1n) is 8.18. The second-order valence-corrected chi connectivity index (χ2v) is 6.11. The molecule has 1 fully saturated rings. The maximum absolute atomic E-state index is 10.5. The molecular formula is C19H24N2O. The minimum absolute atomic E-state index is 0.320. The number of hydrogen-bond acceptors (Lipinski definition) is 3. The van der Waals surface area contributed by atoms with Gasteiger partial charge in [-0.25, -0.2) is 0 Å². The number of pyridine rings is 1. The predicted octanol–water partition coefficient (Wildman–Crippen LogP) is 3.07. The van der Waals surface area contributed by atoms with E-state index in [2.05, 4.69) is 16.0 Å². The summed E-state index contributed by atoms with van der Waals surface area (Å²) < 4.78 is 0. The third-order valence-corrected chi connectivity index (χ3v) is 4.63. The van der Waals surface area contributed by atoms with Gasteiger partial charge in [0.15, 0.2) is 0 Å². The lowest BCUT2D eigenvalue weighted by Crippen LogP contribution is -2.36. The van der Waals surface area contributed by atoms with Gasteiger partial charge < -0.3 is 10.0 Å². The molecule has 3 heteroatoms. The molecule has 116 valence electrons. The van der Waals surface area contributed by atoms with Crippen LogP contribution in [0.2, 0.25) is 0 Å². The molecule has 1 saturated heterocycles. The third kappa shape index (κ3) is 3.93. The normalized spacial score (nSPS) is 18.2. The largest absolute Gasteiger partial charge is 0.388 e. The molecular weight excluding hydrogens is 272 g/mol. The maximum atomic E-state index is 10.5. The summed E-state index contributed by atoms with van der Waals surface area (Å²) in [6.07, 6.45) is 4.68. The van der Waals surface area contributed by atoms with Crippen LogP contribution in [-0.4, -0.2) is 34.6 Å². The molecule has 1 aliphatic heterocycles. The highest BCUT2D eigenvalue weighted by Crippen LogP contribution is 2.30. The van der Waals surface area contributed by atoms with Crippen molar-refractivity contribution in [1.29, 1.82) is 0 Å². The minimum atomic E-state index is -0.320. The van der Waals surface area contributed by atoms with E-state index in [1.54, 1.807) is 0 Å². The van der Waals surface area contributed by atoms with Crippen LogP contribution in [0.1, 0.15) is 30.2 Å². The van der Waals surface area contributed by atoms with E-state index in [0.29, 0.717) is 5.92 Å². The second-order valence-electron chi connectivity index (χ2n) is 6.11. The summed E-state index contributed by atoms with van der Waals surface area (Å²) in [5.41, 5.74) is 2.21. The molecule has 3 nitrogen and oxygen atoms in total. The van der Waals surface area contributed by atoms with E-state index in [0.717, 1.165) is 50.2 Å². The maximum Gasteiger partial charge on any atom is 0.0819 e. The Balaban J connectivity index is 1.46. The van der Waals surface area contributed by atoms with Gasteiger partial charge >= 0.3 is 0 Å². The van der Waals surface area contributed by atoms with Crippen LogP contribution in [0.4, 0.5) is 0 Å². The Labute approximate surface area is 132 Å². The Morgan fingerprint density at radius 2 is 1.77 bits per heavy atom.